The molecule has 0 aliphatic rings. The van der Waals surface area contributed by atoms with E-state index in [0.29, 0.717) is 12.3 Å². The van der Waals surface area contributed by atoms with Crippen molar-refractivity contribution < 1.29 is 22.6 Å². The van der Waals surface area contributed by atoms with Crippen molar-refractivity contribution in [2.45, 2.75) is 4.90 Å². The Labute approximate surface area is 125 Å². The molecule has 120 valence electrons. The largest absolute Gasteiger partial charge is 0.496 e. The third-order valence-corrected chi connectivity index (χ3v) is 4.31. The lowest BCUT2D eigenvalue weighted by Crippen LogP contribution is -2.31. The lowest BCUT2D eigenvalue weighted by atomic mass is 10.3. The summed E-state index contributed by atoms with van der Waals surface area (Å²) in [5.74, 6) is 0.794. The highest BCUT2D eigenvalue weighted by Crippen LogP contribution is 2.37. The molecule has 0 bridgehead atoms. The molecule has 0 aliphatic carbocycles. The van der Waals surface area contributed by atoms with Crippen LogP contribution in [0.25, 0.3) is 0 Å². The minimum atomic E-state index is -3.75. The van der Waals surface area contributed by atoms with Crippen LogP contribution < -0.4 is 18.9 Å². The minimum Gasteiger partial charge on any atom is -0.496 e. The number of nitrogens with zero attached hydrogens (tertiary/aromatic N) is 1. The first kappa shape index (κ1) is 17.5. The van der Waals surface area contributed by atoms with Gasteiger partial charge in [-0.2, -0.15) is 0 Å². The van der Waals surface area contributed by atoms with E-state index in [1.807, 2.05) is 19.0 Å². The predicted molar refractivity (Wildman–Crippen MR) is 79.8 cm³/mol. The Balaban J connectivity index is 3.20. The highest BCUT2D eigenvalue weighted by Gasteiger charge is 2.25. The molecule has 0 fully saturated rings. The highest BCUT2D eigenvalue weighted by molar-refractivity contribution is 7.89. The number of methoxy groups -OCH3 is 3. The van der Waals surface area contributed by atoms with Gasteiger partial charge in [-0.3, -0.25) is 0 Å². The minimum absolute atomic E-state index is 0.0351. The van der Waals surface area contributed by atoms with Crippen molar-refractivity contribution in [2.75, 3.05) is 48.5 Å². The average molecular weight is 318 g/mol. The molecule has 1 rings (SSSR count). The number of ether oxygens (including phenoxy) is 3. The zero-order chi connectivity index (χ0) is 16.0. The van der Waals surface area contributed by atoms with Crippen molar-refractivity contribution >= 4 is 10.0 Å². The summed E-state index contributed by atoms with van der Waals surface area (Å²) in [6, 6.07) is 3.01. The zero-order valence-corrected chi connectivity index (χ0v) is 13.8. The van der Waals surface area contributed by atoms with Gasteiger partial charge < -0.3 is 19.1 Å². The quantitative estimate of drug-likeness (QED) is 0.754. The van der Waals surface area contributed by atoms with Crippen molar-refractivity contribution in [2.24, 2.45) is 0 Å². The van der Waals surface area contributed by atoms with Gasteiger partial charge in [-0.05, 0) is 14.1 Å². The maximum absolute atomic E-state index is 12.4. The van der Waals surface area contributed by atoms with Crippen molar-refractivity contribution in [3.05, 3.63) is 12.1 Å². The molecule has 0 unspecified atom stereocenters. The van der Waals surface area contributed by atoms with E-state index in [-0.39, 0.29) is 22.9 Å². The van der Waals surface area contributed by atoms with Crippen LogP contribution in [0, 0.1) is 0 Å². The van der Waals surface area contributed by atoms with Crippen LogP contribution in [-0.4, -0.2) is 61.8 Å². The Morgan fingerprint density at radius 3 is 1.95 bits per heavy atom. The molecule has 0 saturated heterocycles. The maximum atomic E-state index is 12.4. The fourth-order valence-corrected chi connectivity index (χ4v) is 3.03. The summed E-state index contributed by atoms with van der Waals surface area (Å²) in [4.78, 5) is 1.84. The summed E-state index contributed by atoms with van der Waals surface area (Å²) in [5.41, 5.74) is 0. The van der Waals surface area contributed by atoms with Crippen molar-refractivity contribution in [3.63, 3.8) is 0 Å². The number of benzene rings is 1. The summed E-state index contributed by atoms with van der Waals surface area (Å²) in [6.07, 6.45) is 0. The molecule has 0 radical (unpaired) electrons. The third-order valence-electron chi connectivity index (χ3n) is 2.79. The van der Waals surface area contributed by atoms with Crippen molar-refractivity contribution in [3.8, 4) is 17.2 Å². The van der Waals surface area contributed by atoms with E-state index in [0.717, 1.165) is 0 Å². The topological polar surface area (TPSA) is 77.1 Å². The van der Waals surface area contributed by atoms with Gasteiger partial charge in [0.1, 0.15) is 17.2 Å². The first-order chi connectivity index (χ1) is 9.85. The second-order valence-corrected chi connectivity index (χ2v) is 6.27. The number of hydrogen-bond acceptors (Lipinski definition) is 6. The van der Waals surface area contributed by atoms with Gasteiger partial charge in [-0.15, -0.1) is 0 Å². The SMILES string of the molecule is COc1cc(OC)c(S(=O)(=O)NCCN(C)C)c(OC)c1. The van der Waals surface area contributed by atoms with Crippen LogP contribution in [0.15, 0.2) is 17.0 Å². The molecular formula is C13H22N2O5S. The number of likely N-dealkylation sites (N-methyl/N-ethyl adjacent to an activating group) is 1. The summed E-state index contributed by atoms with van der Waals surface area (Å²) >= 11 is 0. The van der Waals surface area contributed by atoms with Crippen LogP contribution in [0.5, 0.6) is 17.2 Å². The van der Waals surface area contributed by atoms with Crippen LogP contribution in [0.2, 0.25) is 0 Å². The second kappa shape index (κ2) is 7.48. The smallest absolute Gasteiger partial charge is 0.248 e. The van der Waals surface area contributed by atoms with Gasteiger partial charge >= 0.3 is 0 Å². The van der Waals surface area contributed by atoms with Crippen LogP contribution in [-0.2, 0) is 10.0 Å². The normalized spacial score (nSPS) is 11.5. The summed E-state index contributed by atoms with van der Waals surface area (Å²) in [7, 11) is 4.25. The number of sulfonamides is 1. The molecule has 0 amide bonds. The summed E-state index contributed by atoms with van der Waals surface area (Å²) < 4.78 is 42.8. The van der Waals surface area contributed by atoms with Crippen LogP contribution >= 0.6 is 0 Å². The number of rotatable bonds is 8. The Morgan fingerprint density at radius 1 is 1.05 bits per heavy atom. The first-order valence-corrected chi connectivity index (χ1v) is 7.78. The molecule has 0 spiro atoms. The molecule has 1 N–H and O–H groups in total. The first-order valence-electron chi connectivity index (χ1n) is 6.30. The summed E-state index contributed by atoms with van der Waals surface area (Å²) in [5, 5.41) is 0. The molecule has 21 heavy (non-hydrogen) atoms. The number of nitrogens with one attached hydrogen (secondary N) is 1. The lowest BCUT2D eigenvalue weighted by molar-refractivity contribution is 0.358. The predicted octanol–water partition coefficient (Wildman–Crippen LogP) is 0.552. The van der Waals surface area contributed by atoms with E-state index in [1.165, 1.54) is 33.5 Å². The maximum Gasteiger partial charge on any atom is 0.248 e. The molecule has 0 aliphatic heterocycles. The molecular weight excluding hydrogens is 296 g/mol. The van der Waals surface area contributed by atoms with E-state index < -0.39 is 10.0 Å². The molecule has 0 heterocycles. The molecule has 0 saturated carbocycles. The fraction of sp³-hybridized carbons (Fsp3) is 0.538. The Hall–Kier alpha value is -1.51. The van der Waals surface area contributed by atoms with Gasteiger partial charge in [-0.1, -0.05) is 0 Å². The second-order valence-electron chi connectivity index (χ2n) is 4.56. The molecule has 0 atom stereocenters. The molecule has 7 nitrogen and oxygen atoms in total. The molecule has 8 heteroatoms. The Kier molecular flexibility index (Phi) is 6.25. The van der Waals surface area contributed by atoms with Gasteiger partial charge in [-0.25, -0.2) is 13.1 Å². The molecule has 0 aromatic heterocycles. The molecule has 1 aromatic rings. The number of hydrogen-bond donors (Lipinski definition) is 1. The van der Waals surface area contributed by atoms with Gasteiger partial charge in [0, 0.05) is 25.2 Å². The van der Waals surface area contributed by atoms with E-state index in [2.05, 4.69) is 4.72 Å². The Morgan fingerprint density at radius 2 is 1.57 bits per heavy atom. The van der Waals surface area contributed by atoms with Crippen LogP contribution in [0.1, 0.15) is 0 Å². The van der Waals surface area contributed by atoms with Crippen molar-refractivity contribution in [1.29, 1.82) is 0 Å². The van der Waals surface area contributed by atoms with Gasteiger partial charge in [0.15, 0.2) is 4.90 Å². The average Bonchev–Trinajstić information content (AvgIpc) is 2.44. The van der Waals surface area contributed by atoms with Crippen LogP contribution in [0.3, 0.4) is 0 Å². The van der Waals surface area contributed by atoms with E-state index in [1.54, 1.807) is 0 Å². The standard InChI is InChI=1S/C13H22N2O5S/c1-15(2)7-6-14-21(16,17)13-11(19-4)8-10(18-3)9-12(13)20-5/h8-9,14H,6-7H2,1-5H3. The zero-order valence-electron chi connectivity index (χ0n) is 13.0. The van der Waals surface area contributed by atoms with Crippen molar-refractivity contribution in [1.82, 2.24) is 9.62 Å². The lowest BCUT2D eigenvalue weighted by Gasteiger charge is -2.16. The Bertz CT molecular complexity index is 547. The van der Waals surface area contributed by atoms with Gasteiger partial charge in [0.2, 0.25) is 10.0 Å². The summed E-state index contributed by atoms with van der Waals surface area (Å²) in [6.45, 7) is 0.869. The van der Waals surface area contributed by atoms with Crippen LogP contribution in [0.4, 0.5) is 0 Å². The van der Waals surface area contributed by atoms with E-state index >= 15 is 0 Å². The highest BCUT2D eigenvalue weighted by atomic mass is 32.2. The monoisotopic (exact) mass is 318 g/mol. The van der Waals surface area contributed by atoms with Gasteiger partial charge in [0.25, 0.3) is 0 Å². The van der Waals surface area contributed by atoms with Gasteiger partial charge in [0.05, 0.1) is 21.3 Å². The molecule has 1 aromatic carbocycles. The van der Waals surface area contributed by atoms with E-state index in [4.69, 9.17) is 14.2 Å². The third kappa shape index (κ3) is 4.48. The fourth-order valence-electron chi connectivity index (χ4n) is 1.71. The van der Waals surface area contributed by atoms with E-state index in [9.17, 15) is 8.42 Å².